The summed E-state index contributed by atoms with van der Waals surface area (Å²) in [5.41, 5.74) is 0. The van der Waals surface area contributed by atoms with Gasteiger partial charge in [0.2, 0.25) is 0 Å². The van der Waals surface area contributed by atoms with Crippen LogP contribution in [0, 0.1) is 0 Å². The summed E-state index contributed by atoms with van der Waals surface area (Å²) in [6.07, 6.45) is 82.2. The molecule has 0 N–H and O–H groups in total. The summed E-state index contributed by atoms with van der Waals surface area (Å²) in [6.45, 7) is 6.13. The third-order valence-corrected chi connectivity index (χ3v) is 10.2. The largest absolute Gasteiger partial charge is 0.462 e. The number of allylic oxidation sites excluding steroid dienone is 28. The van der Waals surface area contributed by atoms with Gasteiger partial charge in [0.25, 0.3) is 0 Å². The summed E-state index contributed by atoms with van der Waals surface area (Å²) in [7, 11) is 0. The molecular weight excluding hydrogens is 853 g/mol. The van der Waals surface area contributed by atoms with E-state index in [0.717, 1.165) is 135 Å². The van der Waals surface area contributed by atoms with E-state index in [2.05, 4.69) is 179 Å². The van der Waals surface area contributed by atoms with Crippen LogP contribution in [-0.4, -0.2) is 37.2 Å². The van der Waals surface area contributed by atoms with Crippen molar-refractivity contribution in [3.05, 3.63) is 170 Å². The lowest BCUT2D eigenvalue weighted by molar-refractivity contribution is -0.166. The van der Waals surface area contributed by atoms with Crippen LogP contribution in [0.2, 0.25) is 0 Å². The van der Waals surface area contributed by atoms with Crippen molar-refractivity contribution in [3.63, 3.8) is 0 Å². The van der Waals surface area contributed by atoms with E-state index in [1.807, 2.05) is 12.2 Å². The normalized spacial score (nSPS) is 13.5. The molecule has 1 atom stereocenters. The van der Waals surface area contributed by atoms with Gasteiger partial charge in [-0.3, -0.25) is 14.4 Å². The second kappa shape index (κ2) is 55.4. The van der Waals surface area contributed by atoms with Crippen LogP contribution < -0.4 is 0 Å². The summed E-state index contributed by atoms with van der Waals surface area (Å²) in [6, 6.07) is 0. The Bertz CT molecular complexity index is 1650. The Balaban J connectivity index is 4.59. The zero-order valence-electron chi connectivity index (χ0n) is 43.5. The molecule has 6 nitrogen and oxygen atoms in total. The van der Waals surface area contributed by atoms with Gasteiger partial charge in [0.05, 0.1) is 0 Å². The predicted octanol–water partition coefficient (Wildman–Crippen LogP) is 18.0. The van der Waals surface area contributed by atoms with E-state index in [0.29, 0.717) is 12.8 Å². The first-order valence-corrected chi connectivity index (χ1v) is 26.6. The molecule has 0 heterocycles. The zero-order valence-corrected chi connectivity index (χ0v) is 43.5. The Hall–Kier alpha value is -5.23. The zero-order chi connectivity index (χ0) is 50.0. The fourth-order valence-corrected chi connectivity index (χ4v) is 6.34. The molecular formula is C63H94O6. The van der Waals surface area contributed by atoms with Crippen molar-refractivity contribution in [1.82, 2.24) is 0 Å². The van der Waals surface area contributed by atoms with Gasteiger partial charge in [-0.1, -0.05) is 210 Å². The topological polar surface area (TPSA) is 78.9 Å². The van der Waals surface area contributed by atoms with Gasteiger partial charge in [0.1, 0.15) is 13.2 Å². The van der Waals surface area contributed by atoms with Crippen LogP contribution in [0.5, 0.6) is 0 Å². The molecule has 0 amide bonds. The van der Waals surface area contributed by atoms with E-state index in [-0.39, 0.29) is 50.4 Å². The second-order valence-electron chi connectivity index (χ2n) is 16.6. The molecule has 0 aliphatic heterocycles. The highest BCUT2D eigenvalue weighted by Crippen LogP contribution is 2.11. The van der Waals surface area contributed by atoms with Gasteiger partial charge in [-0.2, -0.15) is 0 Å². The maximum Gasteiger partial charge on any atom is 0.306 e. The van der Waals surface area contributed by atoms with Gasteiger partial charge < -0.3 is 14.2 Å². The van der Waals surface area contributed by atoms with E-state index in [1.165, 1.54) is 0 Å². The highest BCUT2D eigenvalue weighted by Gasteiger charge is 2.19. The lowest BCUT2D eigenvalue weighted by Gasteiger charge is -2.18. The van der Waals surface area contributed by atoms with Crippen molar-refractivity contribution in [2.24, 2.45) is 0 Å². The van der Waals surface area contributed by atoms with Crippen LogP contribution in [-0.2, 0) is 28.6 Å². The average Bonchev–Trinajstić information content (AvgIpc) is 3.35. The van der Waals surface area contributed by atoms with Crippen LogP contribution in [0.4, 0.5) is 0 Å². The van der Waals surface area contributed by atoms with Gasteiger partial charge in [0, 0.05) is 19.3 Å². The van der Waals surface area contributed by atoms with Crippen molar-refractivity contribution in [2.75, 3.05) is 13.2 Å². The van der Waals surface area contributed by atoms with Crippen molar-refractivity contribution < 1.29 is 28.6 Å². The number of ether oxygens (including phenoxy) is 3. The molecule has 0 saturated heterocycles. The van der Waals surface area contributed by atoms with Crippen LogP contribution in [0.15, 0.2) is 170 Å². The van der Waals surface area contributed by atoms with Crippen molar-refractivity contribution in [2.45, 2.75) is 194 Å². The SMILES string of the molecule is CC/C=C\C/C=C\C/C=C\C/C=C\C/C=C\C/C=C\C/C=C\CCCC(=O)OCC(COC(=O)CC/C=C\C/C=C\C/C=C\C/C=C\CC)OC(=O)CCCCCCC/C=C\C/C=C\C/C=C\CC. The molecule has 0 radical (unpaired) electrons. The minimum absolute atomic E-state index is 0.146. The lowest BCUT2D eigenvalue weighted by atomic mass is 10.1. The number of hydrogen-bond acceptors (Lipinski definition) is 6. The van der Waals surface area contributed by atoms with Gasteiger partial charge in [-0.15, -0.1) is 0 Å². The van der Waals surface area contributed by atoms with Crippen LogP contribution >= 0.6 is 0 Å². The molecule has 0 aromatic rings. The Kier molecular flexibility index (Phi) is 51.2. The minimum Gasteiger partial charge on any atom is -0.462 e. The highest BCUT2D eigenvalue weighted by atomic mass is 16.6. The molecule has 69 heavy (non-hydrogen) atoms. The summed E-state index contributed by atoms with van der Waals surface area (Å²) in [4.78, 5) is 38.0. The molecule has 0 rings (SSSR count). The quantitative estimate of drug-likeness (QED) is 0.0262. The molecule has 0 bridgehead atoms. The van der Waals surface area contributed by atoms with Crippen LogP contribution in [0.1, 0.15) is 188 Å². The monoisotopic (exact) mass is 947 g/mol. The molecule has 382 valence electrons. The first-order valence-electron chi connectivity index (χ1n) is 26.6. The van der Waals surface area contributed by atoms with Gasteiger partial charge in [-0.05, 0) is 128 Å². The fraction of sp³-hybridized carbons (Fsp3) is 0.508. The van der Waals surface area contributed by atoms with E-state index in [1.54, 1.807) is 0 Å². The number of carbonyl (C=O) groups is 3. The maximum atomic E-state index is 12.8. The lowest BCUT2D eigenvalue weighted by Crippen LogP contribution is -2.30. The summed E-state index contributed by atoms with van der Waals surface area (Å²) >= 11 is 0. The third kappa shape index (κ3) is 53.6. The van der Waals surface area contributed by atoms with Gasteiger partial charge in [0.15, 0.2) is 6.10 Å². The number of hydrogen-bond donors (Lipinski definition) is 0. The molecule has 0 fully saturated rings. The predicted molar refractivity (Wildman–Crippen MR) is 297 cm³/mol. The molecule has 0 aromatic heterocycles. The molecule has 0 aliphatic rings. The molecule has 0 aromatic carbocycles. The molecule has 1 unspecified atom stereocenters. The Morgan fingerprint density at radius 2 is 0.565 bits per heavy atom. The number of unbranched alkanes of at least 4 members (excludes halogenated alkanes) is 6. The highest BCUT2D eigenvalue weighted by molar-refractivity contribution is 5.71. The molecule has 0 saturated carbocycles. The maximum absolute atomic E-state index is 12.8. The second-order valence-corrected chi connectivity index (χ2v) is 16.6. The number of esters is 3. The molecule has 6 heteroatoms. The van der Waals surface area contributed by atoms with Gasteiger partial charge >= 0.3 is 17.9 Å². The number of carbonyl (C=O) groups excluding carboxylic acids is 3. The fourth-order valence-electron chi connectivity index (χ4n) is 6.34. The standard InChI is InChI=1S/C63H94O6/c1-4-7-10-13-16-19-22-25-27-28-29-30-31-32-33-34-36-38-41-44-47-50-53-56-62(65)68-59-60(58-67-61(64)55-52-49-46-43-40-37-24-21-18-15-12-9-6-3)69-63(66)57-54-51-48-45-42-39-35-26-23-20-17-14-11-8-5-2/h7-12,16-21,25-27,29-30,32-33,35-38,40,44,46-47,49,60H,4-6,13-15,22-24,28,31,34,39,41-43,45,48,50-59H2,1-3H3/b10-7-,11-8-,12-9-,19-16-,20-17-,21-18-,27-25-,30-29-,33-32-,35-26-,38-36-,40-37-,47-44-,49-46-. The van der Waals surface area contributed by atoms with Crippen molar-refractivity contribution in [3.8, 4) is 0 Å². The summed E-state index contributed by atoms with van der Waals surface area (Å²) in [5, 5.41) is 0. The first kappa shape index (κ1) is 63.8. The van der Waals surface area contributed by atoms with Gasteiger partial charge in [-0.25, -0.2) is 0 Å². The smallest absolute Gasteiger partial charge is 0.306 e. The van der Waals surface area contributed by atoms with Crippen LogP contribution in [0.25, 0.3) is 0 Å². The van der Waals surface area contributed by atoms with E-state index in [4.69, 9.17) is 14.2 Å². The Morgan fingerprint density at radius 1 is 0.290 bits per heavy atom. The average molecular weight is 947 g/mol. The molecule has 0 aliphatic carbocycles. The Labute approximate surface area is 422 Å². The molecule has 0 spiro atoms. The third-order valence-electron chi connectivity index (χ3n) is 10.2. The van der Waals surface area contributed by atoms with Crippen molar-refractivity contribution in [1.29, 1.82) is 0 Å². The van der Waals surface area contributed by atoms with E-state index >= 15 is 0 Å². The minimum atomic E-state index is -0.849. The summed E-state index contributed by atoms with van der Waals surface area (Å²) in [5.74, 6) is -1.12. The first-order chi connectivity index (χ1) is 34.0. The Morgan fingerprint density at radius 3 is 0.942 bits per heavy atom. The van der Waals surface area contributed by atoms with Crippen LogP contribution in [0.3, 0.4) is 0 Å². The van der Waals surface area contributed by atoms with E-state index < -0.39 is 6.10 Å². The number of rotatable bonds is 45. The summed E-state index contributed by atoms with van der Waals surface area (Å²) < 4.78 is 16.7. The van der Waals surface area contributed by atoms with Crippen molar-refractivity contribution >= 4 is 17.9 Å². The van der Waals surface area contributed by atoms with E-state index in [9.17, 15) is 14.4 Å².